The van der Waals surface area contributed by atoms with Gasteiger partial charge in [0.2, 0.25) is 0 Å². The van der Waals surface area contributed by atoms with Crippen molar-refractivity contribution < 1.29 is 14.3 Å². The number of likely N-dealkylation sites (tertiary alicyclic amines) is 1. The molecule has 0 saturated carbocycles. The molecule has 6 heteroatoms. The van der Waals surface area contributed by atoms with Gasteiger partial charge in [0.05, 0.1) is 0 Å². The van der Waals surface area contributed by atoms with Crippen molar-refractivity contribution >= 4 is 11.8 Å². The third kappa shape index (κ3) is 6.09. The zero-order chi connectivity index (χ0) is 19.8. The molecule has 1 heterocycles. The van der Waals surface area contributed by atoms with Gasteiger partial charge in [-0.1, -0.05) is 30.3 Å². The normalized spacial score (nSPS) is 15.1. The molecular weight excluding hydrogens is 354 g/mol. The van der Waals surface area contributed by atoms with Gasteiger partial charge in [0.15, 0.2) is 6.61 Å². The number of hydrogen-bond donors (Lipinski definition) is 2. The van der Waals surface area contributed by atoms with E-state index >= 15 is 0 Å². The number of benzene rings is 2. The largest absolute Gasteiger partial charge is 0.484 e. The van der Waals surface area contributed by atoms with E-state index in [1.54, 1.807) is 24.3 Å². The number of nitrogens with zero attached hydrogens (tertiary/aromatic N) is 1. The molecular formula is C22H27N3O3. The predicted octanol–water partition coefficient (Wildman–Crippen LogP) is 2.19. The summed E-state index contributed by atoms with van der Waals surface area (Å²) in [6.45, 7) is 3.62. The molecule has 0 unspecified atom stereocenters. The van der Waals surface area contributed by atoms with Crippen molar-refractivity contribution in [2.24, 2.45) is 11.7 Å². The van der Waals surface area contributed by atoms with Crippen LogP contribution in [0, 0.1) is 5.92 Å². The maximum Gasteiger partial charge on any atom is 0.255 e. The van der Waals surface area contributed by atoms with Crippen LogP contribution in [0.1, 0.15) is 28.8 Å². The highest BCUT2D eigenvalue weighted by atomic mass is 16.5. The predicted molar refractivity (Wildman–Crippen MR) is 108 cm³/mol. The van der Waals surface area contributed by atoms with Crippen molar-refractivity contribution in [1.82, 2.24) is 10.2 Å². The Morgan fingerprint density at radius 1 is 1.04 bits per heavy atom. The molecule has 28 heavy (non-hydrogen) atoms. The van der Waals surface area contributed by atoms with Crippen molar-refractivity contribution in [1.29, 1.82) is 0 Å². The molecule has 1 aliphatic heterocycles. The van der Waals surface area contributed by atoms with Crippen molar-refractivity contribution in [2.75, 3.05) is 26.2 Å². The minimum absolute atomic E-state index is 0.0897. The lowest BCUT2D eigenvalue weighted by atomic mass is 9.96. The van der Waals surface area contributed by atoms with Gasteiger partial charge in [0.25, 0.3) is 11.8 Å². The first-order valence-electron chi connectivity index (χ1n) is 9.66. The number of nitrogens with one attached hydrogen (secondary N) is 1. The molecule has 2 aromatic carbocycles. The number of amides is 2. The molecule has 1 aliphatic rings. The first-order valence-corrected chi connectivity index (χ1v) is 9.66. The summed E-state index contributed by atoms with van der Waals surface area (Å²) in [5, 5.41) is 3.03. The Kier molecular flexibility index (Phi) is 7.03. The SMILES string of the molecule is NC(=O)COc1ccc(C(=O)NCC2CCN(Cc3ccccc3)CC2)cc1. The highest BCUT2D eigenvalue weighted by Crippen LogP contribution is 2.19. The summed E-state index contributed by atoms with van der Waals surface area (Å²) in [7, 11) is 0. The standard InChI is InChI=1S/C22H27N3O3/c23-21(26)16-28-20-8-6-19(7-9-20)22(27)24-14-17-10-12-25(13-11-17)15-18-4-2-1-3-5-18/h1-9,17H,10-16H2,(H2,23,26)(H,24,27). The van der Waals surface area contributed by atoms with Gasteiger partial charge in [-0.25, -0.2) is 0 Å². The van der Waals surface area contributed by atoms with Crippen LogP contribution in [0.15, 0.2) is 54.6 Å². The summed E-state index contributed by atoms with van der Waals surface area (Å²) in [5.74, 6) is 0.403. The van der Waals surface area contributed by atoms with Crippen LogP contribution in [0.3, 0.4) is 0 Å². The summed E-state index contributed by atoms with van der Waals surface area (Å²) in [4.78, 5) is 25.5. The first kappa shape index (κ1) is 19.9. The van der Waals surface area contributed by atoms with E-state index in [0.29, 0.717) is 23.8 Å². The fourth-order valence-corrected chi connectivity index (χ4v) is 3.39. The lowest BCUT2D eigenvalue weighted by Crippen LogP contribution is -2.38. The molecule has 0 radical (unpaired) electrons. The topological polar surface area (TPSA) is 84.7 Å². The van der Waals surface area contributed by atoms with Crippen LogP contribution in [0.25, 0.3) is 0 Å². The molecule has 0 atom stereocenters. The minimum Gasteiger partial charge on any atom is -0.484 e. The van der Waals surface area contributed by atoms with E-state index in [-0.39, 0.29) is 12.5 Å². The van der Waals surface area contributed by atoms with E-state index in [4.69, 9.17) is 10.5 Å². The summed E-state index contributed by atoms with van der Waals surface area (Å²) < 4.78 is 5.20. The maximum atomic E-state index is 12.3. The fourth-order valence-electron chi connectivity index (χ4n) is 3.39. The van der Waals surface area contributed by atoms with Crippen molar-refractivity contribution in [3.05, 3.63) is 65.7 Å². The number of carbonyl (C=O) groups is 2. The third-order valence-electron chi connectivity index (χ3n) is 5.01. The molecule has 2 aromatic rings. The molecule has 0 spiro atoms. The minimum atomic E-state index is -0.531. The number of primary amides is 1. The second kappa shape index (κ2) is 9.90. The lowest BCUT2D eigenvalue weighted by Gasteiger charge is -2.32. The molecule has 0 bridgehead atoms. The molecule has 148 valence electrons. The number of hydrogen-bond acceptors (Lipinski definition) is 4. The summed E-state index contributed by atoms with van der Waals surface area (Å²) in [6.07, 6.45) is 2.18. The van der Waals surface area contributed by atoms with Crippen molar-refractivity contribution in [2.45, 2.75) is 19.4 Å². The Morgan fingerprint density at radius 3 is 2.36 bits per heavy atom. The van der Waals surface area contributed by atoms with Crippen molar-refractivity contribution in [3.8, 4) is 5.75 Å². The summed E-state index contributed by atoms with van der Waals surface area (Å²) in [6, 6.07) is 17.2. The van der Waals surface area contributed by atoms with E-state index in [2.05, 4.69) is 34.5 Å². The van der Waals surface area contributed by atoms with E-state index < -0.39 is 5.91 Å². The monoisotopic (exact) mass is 381 g/mol. The second-order valence-electron chi connectivity index (χ2n) is 7.19. The highest BCUT2D eigenvalue weighted by Gasteiger charge is 2.20. The molecule has 1 saturated heterocycles. The number of rotatable bonds is 8. The molecule has 0 aliphatic carbocycles. The Balaban J connectivity index is 1.39. The quantitative estimate of drug-likeness (QED) is 0.734. The third-order valence-corrected chi connectivity index (χ3v) is 5.01. The average molecular weight is 381 g/mol. The second-order valence-corrected chi connectivity index (χ2v) is 7.19. The molecule has 1 fully saturated rings. The van der Waals surface area contributed by atoms with Gasteiger partial charge in [-0.2, -0.15) is 0 Å². The summed E-state index contributed by atoms with van der Waals surface area (Å²) >= 11 is 0. The van der Waals surface area contributed by atoms with Crippen LogP contribution >= 0.6 is 0 Å². The average Bonchev–Trinajstić information content (AvgIpc) is 2.72. The Hall–Kier alpha value is -2.86. The Morgan fingerprint density at radius 2 is 1.71 bits per heavy atom. The molecule has 3 N–H and O–H groups in total. The van der Waals surface area contributed by atoms with Crippen LogP contribution < -0.4 is 15.8 Å². The van der Waals surface area contributed by atoms with Gasteiger partial charge in [-0.15, -0.1) is 0 Å². The van der Waals surface area contributed by atoms with Crippen LogP contribution in [0.4, 0.5) is 0 Å². The van der Waals surface area contributed by atoms with Gasteiger partial charge in [0, 0.05) is 18.7 Å². The van der Waals surface area contributed by atoms with Gasteiger partial charge in [-0.3, -0.25) is 14.5 Å². The van der Waals surface area contributed by atoms with E-state index in [0.717, 1.165) is 32.5 Å². The van der Waals surface area contributed by atoms with Gasteiger partial charge in [-0.05, 0) is 61.7 Å². The Bertz CT molecular complexity index is 769. The van der Waals surface area contributed by atoms with Crippen LogP contribution in [-0.4, -0.2) is 43.0 Å². The number of carbonyl (C=O) groups excluding carboxylic acids is 2. The van der Waals surface area contributed by atoms with Gasteiger partial charge in [0.1, 0.15) is 5.75 Å². The van der Waals surface area contributed by atoms with Crippen molar-refractivity contribution in [3.63, 3.8) is 0 Å². The zero-order valence-corrected chi connectivity index (χ0v) is 16.0. The molecule has 6 nitrogen and oxygen atoms in total. The number of ether oxygens (including phenoxy) is 1. The number of nitrogens with two attached hydrogens (primary N) is 1. The maximum absolute atomic E-state index is 12.3. The van der Waals surface area contributed by atoms with Crippen LogP contribution in [0.2, 0.25) is 0 Å². The first-order chi connectivity index (χ1) is 13.6. The van der Waals surface area contributed by atoms with Crippen LogP contribution in [-0.2, 0) is 11.3 Å². The van der Waals surface area contributed by atoms with E-state index in [9.17, 15) is 9.59 Å². The van der Waals surface area contributed by atoms with E-state index in [1.165, 1.54) is 5.56 Å². The van der Waals surface area contributed by atoms with Gasteiger partial charge >= 0.3 is 0 Å². The van der Waals surface area contributed by atoms with E-state index in [1.807, 2.05) is 6.07 Å². The molecule has 2 amide bonds. The lowest BCUT2D eigenvalue weighted by molar-refractivity contribution is -0.119. The fraction of sp³-hybridized carbons (Fsp3) is 0.364. The Labute approximate surface area is 165 Å². The zero-order valence-electron chi connectivity index (χ0n) is 16.0. The van der Waals surface area contributed by atoms with Gasteiger partial charge < -0.3 is 15.8 Å². The number of piperidine rings is 1. The highest BCUT2D eigenvalue weighted by molar-refractivity contribution is 5.94. The summed E-state index contributed by atoms with van der Waals surface area (Å²) in [5.41, 5.74) is 6.97. The molecule has 3 rings (SSSR count). The smallest absolute Gasteiger partial charge is 0.255 e. The van der Waals surface area contributed by atoms with Crippen LogP contribution in [0.5, 0.6) is 5.75 Å². The molecule has 0 aromatic heterocycles.